The fraction of sp³-hybridized carbons (Fsp3) is 0.500. The van der Waals surface area contributed by atoms with E-state index in [-0.39, 0.29) is 6.54 Å². The van der Waals surface area contributed by atoms with Crippen LogP contribution in [0.2, 0.25) is 0 Å². The van der Waals surface area contributed by atoms with Crippen molar-refractivity contribution in [3.05, 3.63) is 67.5 Å². The molecule has 0 spiro atoms. The molecule has 1 aliphatic rings. The molecular weight excluding hydrogens is 364 g/mol. The van der Waals surface area contributed by atoms with Crippen molar-refractivity contribution in [1.82, 2.24) is 9.13 Å². The van der Waals surface area contributed by atoms with Gasteiger partial charge in [-0.05, 0) is 38.3 Å². The zero-order valence-electron chi connectivity index (χ0n) is 16.2. The summed E-state index contributed by atoms with van der Waals surface area (Å²) < 4.78 is 7.67. The van der Waals surface area contributed by atoms with Gasteiger partial charge in [-0.1, -0.05) is 23.8 Å². The van der Waals surface area contributed by atoms with Crippen LogP contribution in [-0.2, 0) is 17.7 Å². The smallest absolute Gasteiger partial charge is 0.333 e. The maximum absolute atomic E-state index is 12.9. The van der Waals surface area contributed by atoms with Gasteiger partial charge in [0.1, 0.15) is 18.3 Å². The van der Waals surface area contributed by atoms with E-state index >= 15 is 0 Å². The van der Waals surface area contributed by atoms with Crippen molar-refractivity contribution in [2.24, 2.45) is 0 Å². The van der Waals surface area contributed by atoms with Crippen LogP contribution in [0.4, 0.5) is 0 Å². The van der Waals surface area contributed by atoms with Crippen LogP contribution in [0.5, 0.6) is 0 Å². The summed E-state index contributed by atoms with van der Waals surface area (Å²) in [5.41, 5.74) is 2.55. The SMILES string of the molecule is Cc1ccc(CCn2c(=O)c(C)cn([C@@H]3O[C@H](CO)C(O)[C@@H]3O)c2=O)c(C)c1. The highest BCUT2D eigenvalue weighted by Gasteiger charge is 2.44. The van der Waals surface area contributed by atoms with Crippen molar-refractivity contribution < 1.29 is 20.1 Å². The van der Waals surface area contributed by atoms with Gasteiger partial charge >= 0.3 is 5.69 Å². The zero-order chi connectivity index (χ0) is 20.6. The molecule has 2 heterocycles. The van der Waals surface area contributed by atoms with Gasteiger partial charge in [0, 0.05) is 18.3 Å². The molecule has 0 saturated carbocycles. The molecular formula is C20H26N2O6. The number of aliphatic hydroxyl groups is 3. The number of hydrogen-bond acceptors (Lipinski definition) is 6. The topological polar surface area (TPSA) is 114 Å². The van der Waals surface area contributed by atoms with Gasteiger partial charge in [0.2, 0.25) is 0 Å². The van der Waals surface area contributed by atoms with E-state index in [1.165, 1.54) is 6.20 Å². The molecule has 0 aliphatic carbocycles. The third-order valence-corrected chi connectivity index (χ3v) is 5.26. The molecule has 1 saturated heterocycles. The molecule has 0 radical (unpaired) electrons. The van der Waals surface area contributed by atoms with Gasteiger partial charge in [0.25, 0.3) is 5.56 Å². The molecule has 1 fully saturated rings. The molecule has 0 amide bonds. The standard InChI is InChI=1S/C20H26N2O6/c1-11-4-5-14(12(2)8-11)6-7-21-18(26)13(3)9-22(20(21)27)19-17(25)16(24)15(10-23)28-19/h4-5,8-9,15-17,19,23-25H,6-7,10H2,1-3H3/t15-,16?,17+,19-/m1/s1. The van der Waals surface area contributed by atoms with E-state index in [2.05, 4.69) is 0 Å². The zero-order valence-corrected chi connectivity index (χ0v) is 16.2. The molecule has 2 aromatic rings. The predicted octanol–water partition coefficient (Wildman–Crippen LogP) is -0.211. The summed E-state index contributed by atoms with van der Waals surface area (Å²) in [6.45, 7) is 5.25. The lowest BCUT2D eigenvalue weighted by molar-refractivity contribution is -0.0557. The normalized spacial score (nSPS) is 24.6. The summed E-state index contributed by atoms with van der Waals surface area (Å²) in [6.07, 6.45) is -3.06. The Bertz CT molecular complexity index is 980. The van der Waals surface area contributed by atoms with Crippen molar-refractivity contribution >= 4 is 0 Å². The number of hydrogen-bond donors (Lipinski definition) is 3. The molecule has 28 heavy (non-hydrogen) atoms. The highest BCUT2D eigenvalue weighted by atomic mass is 16.6. The minimum atomic E-state index is -1.39. The van der Waals surface area contributed by atoms with E-state index in [9.17, 15) is 24.9 Å². The highest BCUT2D eigenvalue weighted by Crippen LogP contribution is 2.28. The Morgan fingerprint density at radius 3 is 2.39 bits per heavy atom. The fourth-order valence-corrected chi connectivity index (χ4v) is 3.61. The minimum absolute atomic E-state index is 0.179. The largest absolute Gasteiger partial charge is 0.394 e. The molecule has 1 aliphatic heterocycles. The number of aliphatic hydroxyl groups excluding tert-OH is 3. The molecule has 8 heteroatoms. The van der Waals surface area contributed by atoms with E-state index in [4.69, 9.17) is 4.74 Å². The molecule has 0 bridgehead atoms. The van der Waals surface area contributed by atoms with E-state index < -0.39 is 42.4 Å². The summed E-state index contributed by atoms with van der Waals surface area (Å²) >= 11 is 0. The number of ether oxygens (including phenoxy) is 1. The summed E-state index contributed by atoms with van der Waals surface area (Å²) in [4.78, 5) is 25.5. The summed E-state index contributed by atoms with van der Waals surface area (Å²) in [5.74, 6) is 0. The second-order valence-electron chi connectivity index (χ2n) is 7.37. The Kier molecular flexibility index (Phi) is 5.85. The average molecular weight is 390 g/mol. The Hall–Kier alpha value is -2.26. The first-order valence-electron chi connectivity index (χ1n) is 9.25. The second-order valence-corrected chi connectivity index (χ2v) is 7.37. The molecule has 4 atom stereocenters. The van der Waals surface area contributed by atoms with Crippen LogP contribution < -0.4 is 11.2 Å². The van der Waals surface area contributed by atoms with Gasteiger partial charge < -0.3 is 20.1 Å². The van der Waals surface area contributed by atoms with Crippen LogP contribution in [0, 0.1) is 20.8 Å². The molecule has 1 aromatic carbocycles. The molecule has 152 valence electrons. The molecule has 1 aromatic heterocycles. The lowest BCUT2D eigenvalue weighted by Gasteiger charge is -2.20. The number of benzene rings is 1. The Morgan fingerprint density at radius 2 is 1.79 bits per heavy atom. The first-order valence-corrected chi connectivity index (χ1v) is 9.25. The van der Waals surface area contributed by atoms with Crippen molar-refractivity contribution in [3.63, 3.8) is 0 Å². The molecule has 3 N–H and O–H groups in total. The predicted molar refractivity (Wildman–Crippen MR) is 102 cm³/mol. The van der Waals surface area contributed by atoms with E-state index in [0.717, 1.165) is 25.8 Å². The average Bonchev–Trinajstić information content (AvgIpc) is 2.94. The summed E-state index contributed by atoms with van der Waals surface area (Å²) in [7, 11) is 0. The lowest BCUT2D eigenvalue weighted by Crippen LogP contribution is -2.44. The molecule has 3 rings (SSSR count). The van der Waals surface area contributed by atoms with Gasteiger partial charge in [-0.3, -0.25) is 13.9 Å². The van der Waals surface area contributed by atoms with Crippen molar-refractivity contribution in [1.29, 1.82) is 0 Å². The van der Waals surface area contributed by atoms with Crippen LogP contribution in [0.25, 0.3) is 0 Å². The Labute approximate surface area is 162 Å². The third kappa shape index (κ3) is 3.68. The van der Waals surface area contributed by atoms with E-state index in [0.29, 0.717) is 12.0 Å². The van der Waals surface area contributed by atoms with Crippen molar-refractivity contribution in [2.45, 2.75) is 58.3 Å². The minimum Gasteiger partial charge on any atom is -0.394 e. The van der Waals surface area contributed by atoms with Crippen molar-refractivity contribution in [2.75, 3.05) is 6.61 Å². The monoisotopic (exact) mass is 390 g/mol. The maximum Gasteiger partial charge on any atom is 0.333 e. The molecule has 8 nitrogen and oxygen atoms in total. The van der Waals surface area contributed by atoms with Crippen molar-refractivity contribution in [3.8, 4) is 0 Å². The van der Waals surface area contributed by atoms with E-state index in [1.807, 2.05) is 32.0 Å². The van der Waals surface area contributed by atoms with Crippen LogP contribution in [0.1, 0.15) is 28.5 Å². The van der Waals surface area contributed by atoms with Crippen LogP contribution >= 0.6 is 0 Å². The fourth-order valence-electron chi connectivity index (χ4n) is 3.61. The number of aryl methyl sites for hydroxylation is 4. The van der Waals surface area contributed by atoms with Gasteiger partial charge in [0.05, 0.1) is 6.61 Å². The molecule has 1 unspecified atom stereocenters. The number of aromatic nitrogens is 2. The van der Waals surface area contributed by atoms with Gasteiger partial charge in [-0.2, -0.15) is 0 Å². The van der Waals surface area contributed by atoms with E-state index in [1.54, 1.807) is 6.92 Å². The Morgan fingerprint density at radius 1 is 1.07 bits per heavy atom. The van der Waals surface area contributed by atoms with Gasteiger partial charge in [-0.25, -0.2) is 4.79 Å². The highest BCUT2D eigenvalue weighted by molar-refractivity contribution is 5.30. The first-order chi connectivity index (χ1) is 13.2. The summed E-state index contributed by atoms with van der Waals surface area (Å²) in [5, 5.41) is 29.4. The maximum atomic E-state index is 12.9. The number of rotatable bonds is 5. The Balaban J connectivity index is 1.94. The second kappa shape index (κ2) is 8.00. The third-order valence-electron chi connectivity index (χ3n) is 5.26. The lowest BCUT2D eigenvalue weighted by atomic mass is 10.0. The van der Waals surface area contributed by atoms with Crippen LogP contribution in [-0.4, -0.2) is 49.4 Å². The van der Waals surface area contributed by atoms with Crippen LogP contribution in [0.15, 0.2) is 34.0 Å². The van der Waals surface area contributed by atoms with Gasteiger partial charge in [-0.15, -0.1) is 0 Å². The van der Waals surface area contributed by atoms with Crippen LogP contribution in [0.3, 0.4) is 0 Å². The number of nitrogens with zero attached hydrogens (tertiary/aromatic N) is 2. The summed E-state index contributed by atoms with van der Waals surface area (Å²) in [6, 6.07) is 6.01. The first kappa shape index (κ1) is 20.5. The quantitative estimate of drug-likeness (QED) is 0.651. The van der Waals surface area contributed by atoms with Gasteiger partial charge in [0.15, 0.2) is 6.23 Å².